The summed E-state index contributed by atoms with van der Waals surface area (Å²) in [6, 6.07) is 20.7. The molecule has 32 heavy (non-hydrogen) atoms. The SMILES string of the molecule is O=C(Cn1c(-c2ccccc2)cc2ccccc21)N1CCC(C(=O)N2CCCCC2)CC1. The second-order valence-electron chi connectivity index (χ2n) is 9.08. The van der Waals surface area contributed by atoms with E-state index in [9.17, 15) is 9.59 Å². The molecule has 3 heterocycles. The highest BCUT2D eigenvalue weighted by molar-refractivity contribution is 5.89. The van der Waals surface area contributed by atoms with Crippen LogP contribution in [0.3, 0.4) is 0 Å². The maximum absolute atomic E-state index is 13.3. The number of nitrogens with zero attached hydrogens (tertiary/aromatic N) is 3. The zero-order valence-electron chi connectivity index (χ0n) is 18.6. The van der Waals surface area contributed by atoms with E-state index in [1.807, 2.05) is 40.1 Å². The van der Waals surface area contributed by atoms with E-state index in [2.05, 4.69) is 34.9 Å². The molecule has 5 rings (SSSR count). The molecule has 2 aliphatic heterocycles. The first-order chi connectivity index (χ1) is 15.7. The maximum atomic E-state index is 13.3. The first-order valence-corrected chi connectivity index (χ1v) is 11.9. The van der Waals surface area contributed by atoms with Crippen molar-refractivity contribution in [2.24, 2.45) is 5.92 Å². The first-order valence-electron chi connectivity index (χ1n) is 11.9. The van der Waals surface area contributed by atoms with Crippen LogP contribution in [-0.2, 0) is 16.1 Å². The maximum Gasteiger partial charge on any atom is 0.242 e. The Morgan fingerprint density at radius 1 is 0.781 bits per heavy atom. The van der Waals surface area contributed by atoms with Crippen LogP contribution < -0.4 is 0 Å². The summed E-state index contributed by atoms with van der Waals surface area (Å²) in [4.78, 5) is 30.1. The van der Waals surface area contributed by atoms with Crippen LogP contribution in [0.5, 0.6) is 0 Å². The zero-order valence-corrected chi connectivity index (χ0v) is 18.6. The molecule has 3 aromatic rings. The van der Waals surface area contributed by atoms with Crippen molar-refractivity contribution in [2.75, 3.05) is 26.2 Å². The van der Waals surface area contributed by atoms with E-state index < -0.39 is 0 Å². The number of carbonyl (C=O) groups is 2. The molecule has 2 aliphatic rings. The number of likely N-dealkylation sites (tertiary alicyclic amines) is 2. The molecule has 2 fully saturated rings. The molecule has 2 aromatic carbocycles. The summed E-state index contributed by atoms with van der Waals surface area (Å²) in [6.07, 6.45) is 5.03. The number of benzene rings is 2. The number of fused-ring (bicyclic) bond motifs is 1. The summed E-state index contributed by atoms with van der Waals surface area (Å²) >= 11 is 0. The van der Waals surface area contributed by atoms with E-state index in [1.54, 1.807) is 0 Å². The summed E-state index contributed by atoms with van der Waals surface area (Å²) in [6.45, 7) is 3.47. The second-order valence-corrected chi connectivity index (χ2v) is 9.08. The van der Waals surface area contributed by atoms with Crippen LogP contribution in [0.4, 0.5) is 0 Å². The van der Waals surface area contributed by atoms with Crippen molar-refractivity contribution in [2.45, 2.75) is 38.6 Å². The van der Waals surface area contributed by atoms with Crippen LogP contribution in [0.2, 0.25) is 0 Å². The third-order valence-corrected chi connectivity index (χ3v) is 7.04. The topological polar surface area (TPSA) is 45.6 Å². The fourth-order valence-corrected chi connectivity index (χ4v) is 5.21. The minimum atomic E-state index is 0.0736. The largest absolute Gasteiger partial charge is 0.342 e. The average molecular weight is 430 g/mol. The third kappa shape index (κ3) is 4.16. The quantitative estimate of drug-likeness (QED) is 0.610. The molecule has 5 heteroatoms. The lowest BCUT2D eigenvalue weighted by Crippen LogP contribution is -2.46. The normalized spacial score (nSPS) is 17.6. The highest BCUT2D eigenvalue weighted by atomic mass is 16.2. The van der Waals surface area contributed by atoms with Gasteiger partial charge in [0.25, 0.3) is 0 Å². The van der Waals surface area contributed by atoms with Crippen molar-refractivity contribution in [3.8, 4) is 11.3 Å². The Kier molecular flexibility index (Phi) is 5.97. The lowest BCUT2D eigenvalue weighted by Gasteiger charge is -2.35. The molecule has 0 N–H and O–H groups in total. The predicted octanol–water partition coefficient (Wildman–Crippen LogP) is 4.56. The summed E-state index contributed by atoms with van der Waals surface area (Å²) in [5.41, 5.74) is 3.26. The van der Waals surface area contributed by atoms with E-state index in [0.29, 0.717) is 25.5 Å². The highest BCUT2D eigenvalue weighted by Crippen LogP contribution is 2.29. The van der Waals surface area contributed by atoms with Gasteiger partial charge in [0.15, 0.2) is 0 Å². The van der Waals surface area contributed by atoms with Gasteiger partial charge in [0.05, 0.1) is 0 Å². The van der Waals surface area contributed by atoms with Gasteiger partial charge in [-0.1, -0.05) is 48.5 Å². The van der Waals surface area contributed by atoms with Crippen LogP contribution in [0.25, 0.3) is 22.2 Å². The Balaban J connectivity index is 1.29. The highest BCUT2D eigenvalue weighted by Gasteiger charge is 2.31. The molecular formula is C27H31N3O2. The summed E-state index contributed by atoms with van der Waals surface area (Å²) in [7, 11) is 0. The molecule has 0 unspecified atom stereocenters. The van der Waals surface area contributed by atoms with Crippen molar-refractivity contribution >= 4 is 22.7 Å². The Morgan fingerprint density at radius 3 is 2.22 bits per heavy atom. The van der Waals surface area contributed by atoms with Gasteiger partial charge in [0, 0.05) is 48.7 Å². The molecule has 166 valence electrons. The molecule has 0 spiro atoms. The number of amides is 2. The zero-order chi connectivity index (χ0) is 21.9. The van der Waals surface area contributed by atoms with E-state index in [4.69, 9.17) is 0 Å². The average Bonchev–Trinajstić information content (AvgIpc) is 3.23. The first kappa shape index (κ1) is 20.8. The van der Waals surface area contributed by atoms with Gasteiger partial charge in [-0.05, 0) is 49.8 Å². The third-order valence-electron chi connectivity index (χ3n) is 7.04. The monoisotopic (exact) mass is 429 g/mol. The van der Waals surface area contributed by atoms with Gasteiger partial charge in [0.2, 0.25) is 11.8 Å². The summed E-state index contributed by atoms with van der Waals surface area (Å²) in [5.74, 6) is 0.511. The van der Waals surface area contributed by atoms with Crippen LogP contribution in [0.15, 0.2) is 60.7 Å². The summed E-state index contributed by atoms with van der Waals surface area (Å²) in [5, 5.41) is 1.14. The van der Waals surface area contributed by atoms with Crippen molar-refractivity contribution < 1.29 is 9.59 Å². The fourth-order valence-electron chi connectivity index (χ4n) is 5.21. The van der Waals surface area contributed by atoms with E-state index >= 15 is 0 Å². The lowest BCUT2D eigenvalue weighted by molar-refractivity contribution is -0.141. The molecule has 2 saturated heterocycles. The molecule has 0 aliphatic carbocycles. The van der Waals surface area contributed by atoms with E-state index in [1.165, 1.54) is 6.42 Å². The van der Waals surface area contributed by atoms with Gasteiger partial charge in [-0.3, -0.25) is 9.59 Å². The predicted molar refractivity (Wildman–Crippen MR) is 127 cm³/mol. The number of hydrogen-bond donors (Lipinski definition) is 0. The Hall–Kier alpha value is -3.08. The number of carbonyl (C=O) groups excluding carboxylic acids is 2. The van der Waals surface area contributed by atoms with Crippen LogP contribution in [0, 0.1) is 5.92 Å². The van der Waals surface area contributed by atoms with Gasteiger partial charge >= 0.3 is 0 Å². The standard InChI is InChI=1S/C27H31N3O2/c31-26(28-17-13-22(14-18-28)27(32)29-15-7-2-8-16-29)20-30-24-12-6-5-11-23(24)19-25(30)21-9-3-1-4-10-21/h1,3-6,9-12,19,22H,2,7-8,13-18,20H2. The molecule has 0 radical (unpaired) electrons. The van der Waals surface area contributed by atoms with Gasteiger partial charge in [-0.2, -0.15) is 0 Å². The van der Waals surface area contributed by atoms with Crippen molar-refractivity contribution in [1.29, 1.82) is 0 Å². The molecule has 5 nitrogen and oxygen atoms in total. The Bertz CT molecular complexity index is 1090. The van der Waals surface area contributed by atoms with Crippen LogP contribution in [-0.4, -0.2) is 52.4 Å². The summed E-state index contributed by atoms with van der Waals surface area (Å²) < 4.78 is 2.14. The van der Waals surface area contributed by atoms with E-state index in [0.717, 1.165) is 60.9 Å². The van der Waals surface area contributed by atoms with E-state index in [-0.39, 0.29) is 11.8 Å². The second kappa shape index (κ2) is 9.19. The van der Waals surface area contributed by atoms with Gasteiger partial charge in [-0.15, -0.1) is 0 Å². The molecule has 0 bridgehead atoms. The van der Waals surface area contributed by atoms with Crippen molar-refractivity contribution in [3.05, 3.63) is 60.7 Å². The Labute approximate surface area is 189 Å². The van der Waals surface area contributed by atoms with Crippen LogP contribution >= 0.6 is 0 Å². The van der Waals surface area contributed by atoms with Gasteiger partial charge in [-0.25, -0.2) is 0 Å². The minimum absolute atomic E-state index is 0.0736. The van der Waals surface area contributed by atoms with Crippen molar-refractivity contribution in [1.82, 2.24) is 14.4 Å². The lowest BCUT2D eigenvalue weighted by atomic mass is 9.94. The number of rotatable bonds is 4. The molecule has 2 amide bonds. The smallest absolute Gasteiger partial charge is 0.242 e. The van der Waals surface area contributed by atoms with Gasteiger partial charge < -0.3 is 14.4 Å². The Morgan fingerprint density at radius 2 is 1.47 bits per heavy atom. The number of piperidine rings is 2. The fraction of sp³-hybridized carbons (Fsp3) is 0.407. The molecule has 0 saturated carbocycles. The minimum Gasteiger partial charge on any atom is -0.342 e. The van der Waals surface area contributed by atoms with Crippen molar-refractivity contribution in [3.63, 3.8) is 0 Å². The van der Waals surface area contributed by atoms with Crippen LogP contribution in [0.1, 0.15) is 32.1 Å². The molecule has 0 atom stereocenters. The number of para-hydroxylation sites is 1. The molecule has 1 aromatic heterocycles. The molecular weight excluding hydrogens is 398 g/mol. The number of hydrogen-bond acceptors (Lipinski definition) is 2. The van der Waals surface area contributed by atoms with Gasteiger partial charge in [0.1, 0.15) is 6.54 Å². The number of aromatic nitrogens is 1.